The number of aliphatic hydroxyl groups excluding tert-OH is 1. The van der Waals surface area contributed by atoms with E-state index < -0.39 is 0 Å². The second-order valence-electron chi connectivity index (χ2n) is 5.12. The molecule has 1 aliphatic heterocycles. The monoisotopic (exact) mass is 269 g/mol. The Morgan fingerprint density at radius 2 is 2.39 bits per heavy atom. The molecule has 0 amide bonds. The van der Waals surface area contributed by atoms with Crippen LogP contribution in [0.15, 0.2) is 10.9 Å². The maximum absolute atomic E-state index is 9.53. The highest BCUT2D eigenvalue weighted by atomic mass is 32.1. The van der Waals surface area contributed by atoms with E-state index >= 15 is 0 Å². The molecular formula is C13H23N3OS. The number of aromatic nitrogens is 1. The van der Waals surface area contributed by atoms with Crippen molar-refractivity contribution in [2.24, 2.45) is 0 Å². The maximum atomic E-state index is 9.53. The summed E-state index contributed by atoms with van der Waals surface area (Å²) >= 11 is 1.66. The molecule has 2 heterocycles. The summed E-state index contributed by atoms with van der Waals surface area (Å²) in [6.45, 7) is 9.06. The Kier molecular flexibility index (Phi) is 5.12. The van der Waals surface area contributed by atoms with Crippen LogP contribution in [-0.2, 0) is 6.54 Å². The largest absolute Gasteiger partial charge is 0.392 e. The van der Waals surface area contributed by atoms with Gasteiger partial charge >= 0.3 is 0 Å². The standard InChI is InChI=1S/C13H23N3OS/c1-3-13-8-15(7-12-9-18-10-14-12)4-5-16(13)6-11(2)17/h9-11,13,17H,3-8H2,1-2H3/t11-,13-/m1/s1. The van der Waals surface area contributed by atoms with Gasteiger partial charge in [-0.2, -0.15) is 0 Å². The Hall–Kier alpha value is -0.490. The molecule has 1 saturated heterocycles. The molecular weight excluding hydrogens is 246 g/mol. The summed E-state index contributed by atoms with van der Waals surface area (Å²) in [7, 11) is 0. The predicted molar refractivity (Wildman–Crippen MR) is 74.7 cm³/mol. The first-order valence-corrected chi connectivity index (χ1v) is 7.64. The zero-order valence-electron chi connectivity index (χ0n) is 11.2. The topological polar surface area (TPSA) is 39.6 Å². The average molecular weight is 269 g/mol. The van der Waals surface area contributed by atoms with Crippen molar-refractivity contribution >= 4 is 11.3 Å². The Labute approximate surface area is 113 Å². The van der Waals surface area contributed by atoms with Gasteiger partial charge in [-0.1, -0.05) is 6.92 Å². The molecule has 0 radical (unpaired) electrons. The van der Waals surface area contributed by atoms with Crippen LogP contribution in [0.2, 0.25) is 0 Å². The fraction of sp³-hybridized carbons (Fsp3) is 0.769. The number of β-amino-alcohol motifs (C(OH)–C–C–N with tert-alkyl or cyclic N) is 1. The molecule has 1 fully saturated rings. The van der Waals surface area contributed by atoms with Gasteiger partial charge in [-0.15, -0.1) is 11.3 Å². The summed E-state index contributed by atoms with van der Waals surface area (Å²) < 4.78 is 0. The molecule has 0 spiro atoms. The minimum atomic E-state index is -0.232. The smallest absolute Gasteiger partial charge is 0.0795 e. The molecule has 18 heavy (non-hydrogen) atoms. The van der Waals surface area contributed by atoms with Crippen LogP contribution in [0.3, 0.4) is 0 Å². The van der Waals surface area contributed by atoms with E-state index in [9.17, 15) is 5.11 Å². The molecule has 102 valence electrons. The van der Waals surface area contributed by atoms with Crippen LogP contribution in [0.1, 0.15) is 26.0 Å². The normalized spacial score (nSPS) is 24.3. The van der Waals surface area contributed by atoms with E-state index in [0.717, 1.165) is 39.1 Å². The second kappa shape index (κ2) is 6.61. The van der Waals surface area contributed by atoms with Gasteiger partial charge in [0.15, 0.2) is 0 Å². The third kappa shape index (κ3) is 3.75. The number of piperazine rings is 1. The van der Waals surface area contributed by atoms with Crippen molar-refractivity contribution in [3.8, 4) is 0 Å². The third-order valence-electron chi connectivity index (χ3n) is 3.53. The van der Waals surface area contributed by atoms with E-state index in [2.05, 4.69) is 27.1 Å². The molecule has 1 aromatic rings. The fourth-order valence-electron chi connectivity index (χ4n) is 2.61. The first-order chi connectivity index (χ1) is 8.69. The zero-order chi connectivity index (χ0) is 13.0. The molecule has 0 unspecified atom stereocenters. The number of thiazole rings is 1. The number of aliphatic hydroxyl groups is 1. The minimum absolute atomic E-state index is 0.232. The quantitative estimate of drug-likeness (QED) is 0.877. The highest BCUT2D eigenvalue weighted by molar-refractivity contribution is 7.07. The Bertz CT molecular complexity index is 342. The summed E-state index contributed by atoms with van der Waals surface area (Å²) in [6.07, 6.45) is 0.907. The van der Waals surface area contributed by atoms with Crippen LogP contribution in [-0.4, -0.2) is 58.2 Å². The lowest BCUT2D eigenvalue weighted by Crippen LogP contribution is -2.54. The van der Waals surface area contributed by atoms with Crippen molar-refractivity contribution in [3.05, 3.63) is 16.6 Å². The van der Waals surface area contributed by atoms with Crippen LogP contribution >= 0.6 is 11.3 Å². The molecule has 0 saturated carbocycles. The van der Waals surface area contributed by atoms with Crippen molar-refractivity contribution < 1.29 is 5.11 Å². The summed E-state index contributed by atoms with van der Waals surface area (Å²) in [5.41, 5.74) is 3.08. The van der Waals surface area contributed by atoms with Gasteiger partial charge in [0.05, 0.1) is 17.3 Å². The molecule has 0 aromatic carbocycles. The molecule has 2 atom stereocenters. The van der Waals surface area contributed by atoms with Gasteiger partial charge in [-0.3, -0.25) is 9.80 Å². The Morgan fingerprint density at radius 3 is 3.00 bits per heavy atom. The van der Waals surface area contributed by atoms with Crippen LogP contribution in [0.25, 0.3) is 0 Å². The lowest BCUT2D eigenvalue weighted by Gasteiger charge is -2.41. The van der Waals surface area contributed by atoms with E-state index in [0.29, 0.717) is 6.04 Å². The zero-order valence-corrected chi connectivity index (χ0v) is 12.1. The van der Waals surface area contributed by atoms with Crippen LogP contribution in [0, 0.1) is 0 Å². The second-order valence-corrected chi connectivity index (χ2v) is 5.84. The van der Waals surface area contributed by atoms with Gasteiger partial charge in [-0.25, -0.2) is 4.98 Å². The van der Waals surface area contributed by atoms with Gasteiger partial charge in [-0.05, 0) is 13.3 Å². The van der Waals surface area contributed by atoms with E-state index in [4.69, 9.17) is 0 Å². The van der Waals surface area contributed by atoms with Crippen LogP contribution in [0.4, 0.5) is 0 Å². The van der Waals surface area contributed by atoms with Crippen LogP contribution < -0.4 is 0 Å². The molecule has 2 rings (SSSR count). The van der Waals surface area contributed by atoms with Crippen LogP contribution in [0.5, 0.6) is 0 Å². The van der Waals surface area contributed by atoms with E-state index in [1.165, 1.54) is 5.69 Å². The molecule has 4 nitrogen and oxygen atoms in total. The average Bonchev–Trinajstić information content (AvgIpc) is 2.83. The SMILES string of the molecule is CC[C@@H]1CN(Cc2cscn2)CCN1C[C@@H](C)O. The van der Waals surface area contributed by atoms with Crippen molar-refractivity contribution in [3.63, 3.8) is 0 Å². The highest BCUT2D eigenvalue weighted by Gasteiger charge is 2.26. The number of hydrogen-bond donors (Lipinski definition) is 1. The summed E-state index contributed by atoms with van der Waals surface area (Å²) in [5.74, 6) is 0. The first kappa shape index (κ1) is 13.9. The number of nitrogens with zero attached hydrogens (tertiary/aromatic N) is 3. The lowest BCUT2D eigenvalue weighted by molar-refractivity contribution is 0.0334. The molecule has 1 aromatic heterocycles. The fourth-order valence-corrected chi connectivity index (χ4v) is 3.16. The first-order valence-electron chi connectivity index (χ1n) is 6.70. The summed E-state index contributed by atoms with van der Waals surface area (Å²) in [6, 6.07) is 0.562. The van der Waals surface area contributed by atoms with Gasteiger partial charge in [0.1, 0.15) is 0 Å². The number of hydrogen-bond acceptors (Lipinski definition) is 5. The molecule has 1 N–H and O–H groups in total. The maximum Gasteiger partial charge on any atom is 0.0795 e. The van der Waals surface area contributed by atoms with E-state index in [1.54, 1.807) is 11.3 Å². The van der Waals surface area contributed by atoms with Crippen molar-refractivity contribution in [1.29, 1.82) is 0 Å². The van der Waals surface area contributed by atoms with Crippen molar-refractivity contribution in [2.45, 2.75) is 39.0 Å². The Morgan fingerprint density at radius 1 is 1.56 bits per heavy atom. The molecule has 5 heteroatoms. The van der Waals surface area contributed by atoms with Gasteiger partial charge in [0.2, 0.25) is 0 Å². The van der Waals surface area contributed by atoms with Crippen molar-refractivity contribution in [1.82, 2.24) is 14.8 Å². The third-order valence-corrected chi connectivity index (χ3v) is 4.16. The van der Waals surface area contributed by atoms with Crippen molar-refractivity contribution in [2.75, 3.05) is 26.2 Å². The molecule has 0 aliphatic carbocycles. The molecule has 1 aliphatic rings. The lowest BCUT2D eigenvalue weighted by atomic mass is 10.1. The predicted octanol–water partition coefficient (Wildman–Crippen LogP) is 1.42. The minimum Gasteiger partial charge on any atom is -0.392 e. The Balaban J connectivity index is 1.87. The van der Waals surface area contributed by atoms with Gasteiger partial charge < -0.3 is 5.11 Å². The summed E-state index contributed by atoms with van der Waals surface area (Å²) in [4.78, 5) is 9.24. The van der Waals surface area contributed by atoms with Gasteiger partial charge in [0.25, 0.3) is 0 Å². The molecule has 0 bridgehead atoms. The van der Waals surface area contributed by atoms with Gasteiger partial charge in [0, 0.05) is 44.1 Å². The van der Waals surface area contributed by atoms with E-state index in [1.807, 2.05) is 12.4 Å². The highest BCUT2D eigenvalue weighted by Crippen LogP contribution is 2.15. The van der Waals surface area contributed by atoms with E-state index in [-0.39, 0.29) is 6.10 Å². The number of rotatable bonds is 5. The summed E-state index contributed by atoms with van der Waals surface area (Å²) in [5, 5.41) is 11.7.